The molecule has 4 heteroatoms. The highest BCUT2D eigenvalue weighted by atomic mass is 17.2. The SMILES string of the molecule is CCCCOOC(=O)c1ccccn1. The summed E-state index contributed by atoms with van der Waals surface area (Å²) in [4.78, 5) is 24.3. The molecule has 0 saturated carbocycles. The Morgan fingerprint density at radius 3 is 3.00 bits per heavy atom. The van der Waals surface area contributed by atoms with Crippen molar-refractivity contribution in [2.24, 2.45) is 0 Å². The van der Waals surface area contributed by atoms with Gasteiger partial charge in [-0.3, -0.25) is 4.89 Å². The van der Waals surface area contributed by atoms with Crippen LogP contribution in [0.5, 0.6) is 0 Å². The predicted molar refractivity (Wildman–Crippen MR) is 50.5 cm³/mol. The minimum Gasteiger partial charge on any atom is -0.291 e. The molecule has 0 bridgehead atoms. The molecule has 0 amide bonds. The van der Waals surface area contributed by atoms with Crippen LogP contribution in [-0.4, -0.2) is 17.6 Å². The number of carbonyl (C=O) groups excluding carboxylic acids is 1. The van der Waals surface area contributed by atoms with Crippen LogP contribution in [0.4, 0.5) is 0 Å². The van der Waals surface area contributed by atoms with E-state index in [1.807, 2.05) is 6.92 Å². The number of hydrogen-bond donors (Lipinski definition) is 0. The fraction of sp³-hybridized carbons (Fsp3) is 0.400. The molecule has 4 nitrogen and oxygen atoms in total. The summed E-state index contributed by atoms with van der Waals surface area (Å²) in [5.41, 5.74) is 0.254. The molecule has 1 rings (SSSR count). The van der Waals surface area contributed by atoms with Gasteiger partial charge in [0.15, 0.2) is 5.69 Å². The monoisotopic (exact) mass is 195 g/mol. The van der Waals surface area contributed by atoms with Crippen LogP contribution < -0.4 is 0 Å². The Labute approximate surface area is 82.8 Å². The molecule has 0 spiro atoms. The average molecular weight is 195 g/mol. The van der Waals surface area contributed by atoms with E-state index in [1.54, 1.807) is 18.2 Å². The fourth-order valence-corrected chi connectivity index (χ4v) is 0.825. The van der Waals surface area contributed by atoms with Crippen molar-refractivity contribution in [3.8, 4) is 0 Å². The summed E-state index contributed by atoms with van der Waals surface area (Å²) >= 11 is 0. The van der Waals surface area contributed by atoms with E-state index in [4.69, 9.17) is 4.89 Å². The minimum absolute atomic E-state index is 0.254. The average Bonchev–Trinajstić information content (AvgIpc) is 2.25. The van der Waals surface area contributed by atoms with Crippen molar-refractivity contribution in [2.75, 3.05) is 6.61 Å². The number of hydrogen-bond acceptors (Lipinski definition) is 4. The van der Waals surface area contributed by atoms with E-state index < -0.39 is 5.97 Å². The zero-order valence-electron chi connectivity index (χ0n) is 8.10. The number of unbranched alkanes of at least 4 members (excludes halogenated alkanes) is 1. The standard InChI is InChI=1S/C10H13NO3/c1-2-3-8-13-14-10(12)9-6-4-5-7-11-9/h4-7H,2-3,8H2,1H3. The largest absolute Gasteiger partial charge is 0.391 e. The Morgan fingerprint density at radius 1 is 1.50 bits per heavy atom. The first kappa shape index (κ1) is 10.7. The van der Waals surface area contributed by atoms with Crippen molar-refractivity contribution < 1.29 is 14.6 Å². The quantitative estimate of drug-likeness (QED) is 0.409. The summed E-state index contributed by atoms with van der Waals surface area (Å²) in [5.74, 6) is -0.554. The third-order valence-electron chi connectivity index (χ3n) is 1.59. The van der Waals surface area contributed by atoms with Gasteiger partial charge in [-0.05, 0) is 18.6 Å². The van der Waals surface area contributed by atoms with E-state index in [0.717, 1.165) is 12.8 Å². The second kappa shape index (κ2) is 6.10. The summed E-state index contributed by atoms with van der Waals surface area (Å²) < 4.78 is 0. The van der Waals surface area contributed by atoms with Crippen LogP contribution in [0.15, 0.2) is 24.4 Å². The molecule has 0 atom stereocenters. The van der Waals surface area contributed by atoms with Gasteiger partial charge < -0.3 is 0 Å². The van der Waals surface area contributed by atoms with Crippen molar-refractivity contribution in [3.05, 3.63) is 30.1 Å². The fourth-order valence-electron chi connectivity index (χ4n) is 0.825. The molecule has 0 aliphatic carbocycles. The zero-order valence-corrected chi connectivity index (χ0v) is 8.10. The Balaban J connectivity index is 2.29. The molecule has 1 aromatic rings. The van der Waals surface area contributed by atoms with Crippen LogP contribution in [0.25, 0.3) is 0 Å². The predicted octanol–water partition coefficient (Wildman–Crippen LogP) is 1.97. The number of pyridine rings is 1. The Kier molecular flexibility index (Phi) is 4.64. The molecular weight excluding hydrogens is 182 g/mol. The minimum atomic E-state index is -0.554. The lowest BCUT2D eigenvalue weighted by Gasteiger charge is -2.01. The van der Waals surface area contributed by atoms with Crippen molar-refractivity contribution in [1.82, 2.24) is 4.98 Å². The topological polar surface area (TPSA) is 48.4 Å². The zero-order chi connectivity index (χ0) is 10.2. The highest BCUT2D eigenvalue weighted by Gasteiger charge is 2.07. The first-order valence-electron chi connectivity index (χ1n) is 4.59. The summed E-state index contributed by atoms with van der Waals surface area (Å²) in [6.45, 7) is 2.46. The summed E-state index contributed by atoms with van der Waals surface area (Å²) in [6, 6.07) is 5.02. The van der Waals surface area contributed by atoms with Gasteiger partial charge >= 0.3 is 5.97 Å². The van der Waals surface area contributed by atoms with Crippen molar-refractivity contribution in [2.45, 2.75) is 19.8 Å². The number of rotatable bonds is 5. The first-order valence-corrected chi connectivity index (χ1v) is 4.59. The van der Waals surface area contributed by atoms with Crippen LogP contribution in [-0.2, 0) is 9.78 Å². The molecular formula is C10H13NO3. The second-order valence-corrected chi connectivity index (χ2v) is 2.76. The van der Waals surface area contributed by atoms with E-state index >= 15 is 0 Å². The van der Waals surface area contributed by atoms with Gasteiger partial charge in [0.25, 0.3) is 0 Å². The lowest BCUT2D eigenvalue weighted by molar-refractivity contribution is -0.241. The Hall–Kier alpha value is -1.42. The number of nitrogens with zero attached hydrogens (tertiary/aromatic N) is 1. The normalized spacial score (nSPS) is 9.79. The maximum Gasteiger partial charge on any atom is 0.391 e. The third-order valence-corrected chi connectivity index (χ3v) is 1.59. The van der Waals surface area contributed by atoms with E-state index in [-0.39, 0.29) is 5.69 Å². The van der Waals surface area contributed by atoms with Crippen molar-refractivity contribution in [3.63, 3.8) is 0 Å². The van der Waals surface area contributed by atoms with Crippen LogP contribution in [0.2, 0.25) is 0 Å². The van der Waals surface area contributed by atoms with Gasteiger partial charge in [0.2, 0.25) is 0 Å². The lowest BCUT2D eigenvalue weighted by atomic mass is 10.4. The summed E-state index contributed by atoms with van der Waals surface area (Å²) in [6.07, 6.45) is 3.40. The Morgan fingerprint density at radius 2 is 2.36 bits per heavy atom. The molecule has 1 aromatic heterocycles. The first-order chi connectivity index (χ1) is 6.84. The van der Waals surface area contributed by atoms with Crippen molar-refractivity contribution >= 4 is 5.97 Å². The van der Waals surface area contributed by atoms with Crippen LogP contribution in [0.1, 0.15) is 30.3 Å². The molecule has 0 radical (unpaired) electrons. The van der Waals surface area contributed by atoms with Gasteiger partial charge in [-0.2, -0.15) is 4.89 Å². The molecule has 0 fully saturated rings. The molecule has 0 unspecified atom stereocenters. The van der Waals surface area contributed by atoms with Crippen molar-refractivity contribution in [1.29, 1.82) is 0 Å². The highest BCUT2D eigenvalue weighted by Crippen LogP contribution is 1.98. The van der Waals surface area contributed by atoms with E-state index in [2.05, 4.69) is 9.87 Å². The Bertz CT molecular complexity index is 274. The van der Waals surface area contributed by atoms with Crippen LogP contribution in [0.3, 0.4) is 0 Å². The van der Waals surface area contributed by atoms with E-state index in [1.165, 1.54) is 6.20 Å². The van der Waals surface area contributed by atoms with Gasteiger partial charge in [0.1, 0.15) is 0 Å². The molecule has 76 valence electrons. The molecule has 0 N–H and O–H groups in total. The van der Waals surface area contributed by atoms with Crippen LogP contribution in [0, 0.1) is 0 Å². The molecule has 14 heavy (non-hydrogen) atoms. The summed E-state index contributed by atoms with van der Waals surface area (Å²) in [7, 11) is 0. The maximum atomic E-state index is 11.2. The van der Waals surface area contributed by atoms with E-state index in [0.29, 0.717) is 6.61 Å². The molecule has 0 aliphatic heterocycles. The third kappa shape index (κ3) is 3.53. The second-order valence-electron chi connectivity index (χ2n) is 2.76. The van der Waals surface area contributed by atoms with Gasteiger partial charge in [0, 0.05) is 6.20 Å². The summed E-state index contributed by atoms with van der Waals surface area (Å²) in [5, 5.41) is 0. The smallest absolute Gasteiger partial charge is 0.291 e. The number of aromatic nitrogens is 1. The molecule has 0 aromatic carbocycles. The number of carbonyl (C=O) groups is 1. The van der Waals surface area contributed by atoms with Gasteiger partial charge in [-0.25, -0.2) is 9.78 Å². The van der Waals surface area contributed by atoms with Gasteiger partial charge in [-0.15, -0.1) is 0 Å². The molecule has 0 aliphatic rings. The lowest BCUT2D eigenvalue weighted by Crippen LogP contribution is -2.08. The molecule has 1 heterocycles. The molecule has 0 saturated heterocycles. The highest BCUT2D eigenvalue weighted by molar-refractivity contribution is 5.86. The van der Waals surface area contributed by atoms with Crippen LogP contribution >= 0.6 is 0 Å². The van der Waals surface area contributed by atoms with Gasteiger partial charge in [-0.1, -0.05) is 19.4 Å². The van der Waals surface area contributed by atoms with E-state index in [9.17, 15) is 4.79 Å². The maximum absolute atomic E-state index is 11.2. The van der Waals surface area contributed by atoms with Gasteiger partial charge in [0.05, 0.1) is 6.61 Å².